The van der Waals surface area contributed by atoms with E-state index in [0.29, 0.717) is 0 Å². The average molecular weight is 349 g/mol. The molecule has 24 heavy (non-hydrogen) atoms. The number of aromatic amines is 1. The molecule has 12 heteroatoms. The summed E-state index contributed by atoms with van der Waals surface area (Å²) < 4.78 is 6.09. The molecule has 0 bridgehead atoms. The van der Waals surface area contributed by atoms with Gasteiger partial charge < -0.3 is 36.0 Å². The summed E-state index contributed by atoms with van der Waals surface area (Å²) in [4.78, 5) is 36.0. The van der Waals surface area contributed by atoms with Crippen molar-refractivity contribution < 1.29 is 35.4 Å². The Hall–Kier alpha value is -2.09. The minimum atomic E-state index is -1.48. The van der Waals surface area contributed by atoms with Gasteiger partial charge in [-0.1, -0.05) is 0 Å². The largest absolute Gasteiger partial charge is 0.480 e. The molecule has 1 saturated heterocycles. The molecular formula is C12H19N3O9. The first kappa shape index (κ1) is 20.0. The summed E-state index contributed by atoms with van der Waals surface area (Å²) in [6.45, 7) is -1.07. The van der Waals surface area contributed by atoms with Gasteiger partial charge in [-0.2, -0.15) is 0 Å². The number of H-pyrrole nitrogens is 1. The van der Waals surface area contributed by atoms with Crippen LogP contribution in [0.25, 0.3) is 0 Å². The van der Waals surface area contributed by atoms with Gasteiger partial charge in [0, 0.05) is 18.3 Å². The van der Waals surface area contributed by atoms with Crippen LogP contribution in [0, 0.1) is 0 Å². The van der Waals surface area contributed by atoms with E-state index < -0.39 is 48.4 Å². The topological polar surface area (TPSA) is 206 Å². The highest BCUT2D eigenvalue weighted by Gasteiger charge is 2.43. The number of aromatic nitrogens is 2. The molecule has 1 fully saturated rings. The fourth-order valence-corrected chi connectivity index (χ4v) is 2.26. The lowest BCUT2D eigenvalue weighted by molar-refractivity contribution is -0.136. The molecule has 1 aliphatic heterocycles. The Kier molecular flexibility index (Phi) is 6.77. The molecule has 0 aliphatic carbocycles. The second kappa shape index (κ2) is 8.14. The highest BCUT2D eigenvalue weighted by Crippen LogP contribution is 2.27. The van der Waals surface area contributed by atoms with Crippen LogP contribution in [0.3, 0.4) is 0 Å². The van der Waals surface area contributed by atoms with Gasteiger partial charge in [-0.05, 0) is 0 Å². The molecule has 0 radical (unpaired) electrons. The Balaban J connectivity index is 0.00000288. The maximum absolute atomic E-state index is 11.9. The standard InChI is InChI=1S/C12H17N3O8.H2O/c16-4-6-8(19)9(20)11(23-6)15-3-5(1-13-2-7(17)18)10(21)14-12(15)22;/h3,6,8-9,11,13,16,19-20H,1-2,4H2,(H,17,18)(H,14,21,22);1H2/t6-,8-,9-,11-;/m1./s1. The number of aliphatic carboxylic acids is 1. The zero-order valence-corrected chi connectivity index (χ0v) is 12.4. The van der Waals surface area contributed by atoms with E-state index >= 15 is 0 Å². The zero-order chi connectivity index (χ0) is 17.1. The van der Waals surface area contributed by atoms with Crippen molar-refractivity contribution in [2.45, 2.75) is 31.1 Å². The van der Waals surface area contributed by atoms with E-state index in [1.165, 1.54) is 0 Å². The van der Waals surface area contributed by atoms with Crippen LogP contribution < -0.4 is 16.6 Å². The number of carboxylic acid groups (broad SMARTS) is 1. The van der Waals surface area contributed by atoms with Crippen molar-refractivity contribution >= 4 is 5.97 Å². The predicted octanol–water partition coefficient (Wildman–Crippen LogP) is -4.50. The highest BCUT2D eigenvalue weighted by molar-refractivity contribution is 5.68. The second-order valence-corrected chi connectivity index (χ2v) is 5.05. The Morgan fingerprint density at radius 2 is 2.00 bits per heavy atom. The maximum atomic E-state index is 11.9. The predicted molar refractivity (Wildman–Crippen MR) is 77.3 cm³/mol. The summed E-state index contributed by atoms with van der Waals surface area (Å²) in [5, 5.41) is 39.7. The van der Waals surface area contributed by atoms with Crippen LogP contribution in [0.5, 0.6) is 0 Å². The fourth-order valence-electron chi connectivity index (χ4n) is 2.26. The molecule has 4 atom stereocenters. The van der Waals surface area contributed by atoms with Gasteiger partial charge in [0.05, 0.1) is 13.2 Å². The Labute approximate surface area is 134 Å². The maximum Gasteiger partial charge on any atom is 0.330 e. The van der Waals surface area contributed by atoms with E-state index in [2.05, 4.69) is 5.32 Å². The monoisotopic (exact) mass is 349 g/mol. The molecular weight excluding hydrogens is 330 g/mol. The van der Waals surface area contributed by atoms with Gasteiger partial charge in [0.2, 0.25) is 0 Å². The van der Waals surface area contributed by atoms with Gasteiger partial charge in [0.1, 0.15) is 18.3 Å². The molecule has 2 heterocycles. The molecule has 1 aromatic heterocycles. The van der Waals surface area contributed by atoms with Gasteiger partial charge in [-0.15, -0.1) is 0 Å². The van der Waals surface area contributed by atoms with Crippen LogP contribution >= 0.6 is 0 Å². The normalized spacial score (nSPS) is 26.1. The quantitative estimate of drug-likeness (QED) is 0.292. The molecule has 1 aliphatic rings. The summed E-state index contributed by atoms with van der Waals surface area (Å²) in [5.74, 6) is -1.11. The first-order chi connectivity index (χ1) is 10.8. The number of carboxylic acids is 1. The molecule has 1 aromatic rings. The van der Waals surface area contributed by atoms with Crippen LogP contribution in [0.15, 0.2) is 15.8 Å². The van der Waals surface area contributed by atoms with E-state index in [0.717, 1.165) is 10.8 Å². The number of nitrogens with zero attached hydrogens (tertiary/aromatic N) is 1. The third kappa shape index (κ3) is 4.05. The summed E-state index contributed by atoms with van der Waals surface area (Å²) in [7, 11) is 0. The molecule has 8 N–H and O–H groups in total. The molecule has 0 aromatic carbocycles. The van der Waals surface area contributed by atoms with E-state index in [1.54, 1.807) is 0 Å². The Bertz CT molecular complexity index is 685. The zero-order valence-electron chi connectivity index (χ0n) is 12.4. The first-order valence-electron chi connectivity index (χ1n) is 6.74. The Morgan fingerprint density at radius 1 is 1.33 bits per heavy atom. The number of rotatable bonds is 6. The van der Waals surface area contributed by atoms with E-state index in [4.69, 9.17) is 14.9 Å². The number of aliphatic hydroxyl groups excluding tert-OH is 3. The number of carbonyl (C=O) groups is 1. The van der Waals surface area contributed by atoms with Crippen molar-refractivity contribution in [1.82, 2.24) is 14.9 Å². The van der Waals surface area contributed by atoms with Crippen LogP contribution in [-0.2, 0) is 16.1 Å². The molecule has 0 saturated carbocycles. The summed E-state index contributed by atoms with van der Waals surface area (Å²) >= 11 is 0. The van der Waals surface area contributed by atoms with E-state index in [1.807, 2.05) is 4.98 Å². The molecule has 12 nitrogen and oxygen atoms in total. The SMILES string of the molecule is O.O=C(O)CNCc1cn([C@@H]2O[C@H](CO)[C@@H](O)[C@H]2O)c(=O)[nH]c1=O. The number of hydrogen-bond donors (Lipinski definition) is 6. The number of hydrogen-bond acceptors (Lipinski definition) is 8. The summed E-state index contributed by atoms with van der Waals surface area (Å²) in [6, 6.07) is 0. The van der Waals surface area contributed by atoms with Crippen molar-refractivity contribution in [2.75, 3.05) is 13.2 Å². The smallest absolute Gasteiger partial charge is 0.330 e. The van der Waals surface area contributed by atoms with Crippen LogP contribution in [0.2, 0.25) is 0 Å². The van der Waals surface area contributed by atoms with Crippen molar-refractivity contribution in [2.24, 2.45) is 0 Å². The van der Waals surface area contributed by atoms with Crippen molar-refractivity contribution in [3.05, 3.63) is 32.6 Å². The minimum absolute atomic E-state index is 0. The number of ether oxygens (including phenoxy) is 1. The second-order valence-electron chi connectivity index (χ2n) is 5.05. The van der Waals surface area contributed by atoms with Crippen LogP contribution in [0.4, 0.5) is 0 Å². The van der Waals surface area contributed by atoms with Gasteiger partial charge in [-0.3, -0.25) is 19.1 Å². The minimum Gasteiger partial charge on any atom is -0.480 e. The third-order valence-corrected chi connectivity index (χ3v) is 3.42. The lowest BCUT2D eigenvalue weighted by Gasteiger charge is -2.18. The van der Waals surface area contributed by atoms with Crippen LogP contribution in [0.1, 0.15) is 11.8 Å². The van der Waals surface area contributed by atoms with Gasteiger partial charge in [0.15, 0.2) is 6.23 Å². The third-order valence-electron chi connectivity index (χ3n) is 3.42. The van der Waals surface area contributed by atoms with Crippen molar-refractivity contribution in [1.29, 1.82) is 0 Å². The summed E-state index contributed by atoms with van der Waals surface area (Å²) in [6.07, 6.45) is -4.11. The van der Waals surface area contributed by atoms with Gasteiger partial charge in [0.25, 0.3) is 5.56 Å². The Morgan fingerprint density at radius 3 is 2.54 bits per heavy atom. The fraction of sp³-hybridized carbons (Fsp3) is 0.583. The average Bonchev–Trinajstić information content (AvgIpc) is 2.77. The van der Waals surface area contributed by atoms with Crippen LogP contribution in [-0.4, -0.2) is 72.9 Å². The van der Waals surface area contributed by atoms with E-state index in [9.17, 15) is 24.6 Å². The molecule has 0 unspecified atom stereocenters. The van der Waals surface area contributed by atoms with Gasteiger partial charge in [-0.25, -0.2) is 4.79 Å². The van der Waals surface area contributed by atoms with Crippen molar-refractivity contribution in [3.63, 3.8) is 0 Å². The molecule has 2 rings (SSSR count). The van der Waals surface area contributed by atoms with Crippen molar-refractivity contribution in [3.8, 4) is 0 Å². The number of aliphatic hydroxyl groups is 3. The first-order valence-corrected chi connectivity index (χ1v) is 6.74. The number of nitrogens with one attached hydrogen (secondary N) is 2. The highest BCUT2D eigenvalue weighted by atomic mass is 16.6. The summed E-state index contributed by atoms with van der Waals surface area (Å²) in [5.41, 5.74) is -1.54. The van der Waals surface area contributed by atoms with Gasteiger partial charge >= 0.3 is 11.7 Å². The lowest BCUT2D eigenvalue weighted by atomic mass is 10.1. The molecule has 136 valence electrons. The molecule has 0 amide bonds. The lowest BCUT2D eigenvalue weighted by Crippen LogP contribution is -2.39. The van der Waals surface area contributed by atoms with E-state index in [-0.39, 0.29) is 24.1 Å². The molecule has 0 spiro atoms.